The summed E-state index contributed by atoms with van der Waals surface area (Å²) in [7, 11) is 1.64. The van der Waals surface area contributed by atoms with Crippen molar-refractivity contribution in [3.63, 3.8) is 0 Å². The van der Waals surface area contributed by atoms with E-state index in [4.69, 9.17) is 9.47 Å². The van der Waals surface area contributed by atoms with Crippen LogP contribution in [0.3, 0.4) is 0 Å². The van der Waals surface area contributed by atoms with E-state index >= 15 is 0 Å². The number of aromatic nitrogens is 2. The number of carbonyl (C=O) groups excluding carboxylic acids is 1. The van der Waals surface area contributed by atoms with Crippen LogP contribution in [-0.4, -0.2) is 36.4 Å². The summed E-state index contributed by atoms with van der Waals surface area (Å²) in [6.07, 6.45) is 0.614. The molecule has 2 aromatic rings. The molecule has 1 aromatic heterocycles. The molecule has 0 radical (unpaired) electrons. The predicted octanol–water partition coefficient (Wildman–Crippen LogP) is 2.11. The Balaban J connectivity index is 1.98. The molecule has 0 atom stereocenters. The van der Waals surface area contributed by atoms with Gasteiger partial charge in [-0.3, -0.25) is 10.1 Å². The highest BCUT2D eigenvalue weighted by Gasteiger charge is 2.10. The third kappa shape index (κ3) is 4.51. The van der Waals surface area contributed by atoms with E-state index in [2.05, 4.69) is 15.5 Å². The van der Waals surface area contributed by atoms with Gasteiger partial charge in [0.05, 0.1) is 7.11 Å². The van der Waals surface area contributed by atoms with Crippen LogP contribution in [0.25, 0.3) is 0 Å². The highest BCUT2D eigenvalue weighted by Crippen LogP contribution is 2.24. The number of rotatable bonds is 7. The summed E-state index contributed by atoms with van der Waals surface area (Å²) in [5, 5.41) is 12.0. The number of carbonyl (C=O) groups is 1. The van der Waals surface area contributed by atoms with Crippen molar-refractivity contribution >= 4 is 22.4 Å². The summed E-state index contributed by atoms with van der Waals surface area (Å²) < 4.78 is 10.3. The maximum Gasteiger partial charge on any atom is 0.252 e. The fourth-order valence-electron chi connectivity index (χ4n) is 1.74. The number of nitrogens with one attached hydrogen (secondary N) is 1. The summed E-state index contributed by atoms with van der Waals surface area (Å²) >= 11 is 1.34. The summed E-state index contributed by atoms with van der Waals surface area (Å²) in [5.74, 6) is 0.589. The minimum absolute atomic E-state index is 0.0257. The molecule has 21 heavy (non-hydrogen) atoms. The van der Waals surface area contributed by atoms with Crippen LogP contribution in [0.4, 0.5) is 5.13 Å². The monoisotopic (exact) mass is 307 g/mol. The first-order valence-corrected chi connectivity index (χ1v) is 7.36. The Morgan fingerprint density at radius 2 is 2.14 bits per heavy atom. The molecule has 0 unspecified atom stereocenters. The molecule has 7 heteroatoms. The van der Waals surface area contributed by atoms with E-state index in [0.717, 1.165) is 16.3 Å². The van der Waals surface area contributed by atoms with Gasteiger partial charge in [0.2, 0.25) is 5.13 Å². The quantitative estimate of drug-likeness (QED) is 0.848. The van der Waals surface area contributed by atoms with Crippen molar-refractivity contribution in [2.45, 2.75) is 13.3 Å². The zero-order chi connectivity index (χ0) is 15.1. The van der Waals surface area contributed by atoms with Crippen LogP contribution in [-0.2, 0) is 16.0 Å². The van der Waals surface area contributed by atoms with Crippen LogP contribution >= 0.6 is 11.3 Å². The Bertz CT molecular complexity index is 601. The van der Waals surface area contributed by atoms with Gasteiger partial charge < -0.3 is 9.47 Å². The molecule has 0 aliphatic carbocycles. The molecule has 1 aromatic carbocycles. The van der Waals surface area contributed by atoms with Gasteiger partial charge in [-0.25, -0.2) is 0 Å². The van der Waals surface area contributed by atoms with Crippen molar-refractivity contribution in [3.8, 4) is 5.75 Å². The molecule has 0 saturated heterocycles. The van der Waals surface area contributed by atoms with E-state index in [1.54, 1.807) is 7.11 Å². The van der Waals surface area contributed by atoms with Crippen molar-refractivity contribution in [1.82, 2.24) is 10.2 Å². The molecule has 0 saturated carbocycles. The van der Waals surface area contributed by atoms with Gasteiger partial charge in [0, 0.05) is 18.6 Å². The fraction of sp³-hybridized carbons (Fsp3) is 0.357. The van der Waals surface area contributed by atoms with Gasteiger partial charge in [-0.05, 0) is 13.0 Å². The predicted molar refractivity (Wildman–Crippen MR) is 80.8 cm³/mol. The first kappa shape index (κ1) is 15.4. The molecule has 1 N–H and O–H groups in total. The van der Waals surface area contributed by atoms with Crippen LogP contribution in [0.2, 0.25) is 0 Å². The van der Waals surface area contributed by atoms with Crippen molar-refractivity contribution in [2.75, 3.05) is 25.6 Å². The molecule has 0 fully saturated rings. The van der Waals surface area contributed by atoms with E-state index < -0.39 is 0 Å². The Morgan fingerprint density at radius 3 is 2.90 bits per heavy atom. The highest BCUT2D eigenvalue weighted by atomic mass is 32.1. The molecular formula is C14H17N3O3S. The van der Waals surface area contributed by atoms with Gasteiger partial charge in [-0.1, -0.05) is 29.5 Å². The molecule has 6 nitrogen and oxygen atoms in total. The average molecular weight is 307 g/mol. The van der Waals surface area contributed by atoms with Gasteiger partial charge >= 0.3 is 0 Å². The number of methoxy groups -OCH3 is 1. The van der Waals surface area contributed by atoms with Gasteiger partial charge in [0.1, 0.15) is 17.4 Å². The van der Waals surface area contributed by atoms with Gasteiger partial charge in [0.15, 0.2) is 0 Å². The number of para-hydroxylation sites is 1. The second-order valence-electron chi connectivity index (χ2n) is 4.17. The number of anilines is 1. The molecule has 0 aliphatic rings. The van der Waals surface area contributed by atoms with Crippen molar-refractivity contribution < 1.29 is 14.3 Å². The normalized spacial score (nSPS) is 10.4. The van der Waals surface area contributed by atoms with Gasteiger partial charge in [-0.2, -0.15) is 0 Å². The molecule has 0 spiro atoms. The lowest BCUT2D eigenvalue weighted by atomic mass is 10.1. The topological polar surface area (TPSA) is 73.3 Å². The van der Waals surface area contributed by atoms with E-state index in [1.807, 2.05) is 31.2 Å². The van der Waals surface area contributed by atoms with Crippen LogP contribution in [0.5, 0.6) is 5.75 Å². The van der Waals surface area contributed by atoms with Crippen molar-refractivity contribution in [3.05, 3.63) is 34.8 Å². The van der Waals surface area contributed by atoms with Gasteiger partial charge in [0.25, 0.3) is 5.91 Å². The lowest BCUT2D eigenvalue weighted by Gasteiger charge is -2.05. The Labute approximate surface area is 127 Å². The smallest absolute Gasteiger partial charge is 0.252 e. The first-order valence-electron chi connectivity index (χ1n) is 6.54. The van der Waals surface area contributed by atoms with Crippen LogP contribution in [0.1, 0.15) is 17.5 Å². The molecular weight excluding hydrogens is 290 g/mol. The van der Waals surface area contributed by atoms with Crippen molar-refractivity contribution in [2.24, 2.45) is 0 Å². The maximum absolute atomic E-state index is 11.5. The molecule has 2 rings (SSSR count). The summed E-state index contributed by atoms with van der Waals surface area (Å²) in [6.45, 7) is 2.37. The summed E-state index contributed by atoms with van der Waals surface area (Å²) in [5.41, 5.74) is 1.03. The molecule has 0 aliphatic heterocycles. The SMILES string of the molecule is CCOCC(=O)Nc1nnc(Cc2ccccc2OC)s1. The Morgan fingerprint density at radius 1 is 1.33 bits per heavy atom. The van der Waals surface area contributed by atoms with Crippen molar-refractivity contribution in [1.29, 1.82) is 0 Å². The zero-order valence-electron chi connectivity index (χ0n) is 12.0. The molecule has 1 heterocycles. The third-order valence-corrected chi connectivity index (χ3v) is 3.52. The lowest BCUT2D eigenvalue weighted by Crippen LogP contribution is -2.17. The van der Waals surface area contributed by atoms with E-state index in [0.29, 0.717) is 18.2 Å². The maximum atomic E-state index is 11.5. The van der Waals surface area contributed by atoms with E-state index in [-0.39, 0.29) is 12.5 Å². The second kappa shape index (κ2) is 7.70. The molecule has 112 valence electrons. The number of hydrogen-bond acceptors (Lipinski definition) is 6. The van der Waals surface area contributed by atoms with E-state index in [1.165, 1.54) is 11.3 Å². The number of ether oxygens (including phenoxy) is 2. The summed E-state index contributed by atoms with van der Waals surface area (Å²) in [6, 6.07) is 7.75. The van der Waals surface area contributed by atoms with E-state index in [9.17, 15) is 4.79 Å². The number of benzene rings is 1. The van der Waals surface area contributed by atoms with Crippen LogP contribution in [0.15, 0.2) is 24.3 Å². The molecule has 1 amide bonds. The second-order valence-corrected chi connectivity index (χ2v) is 5.24. The highest BCUT2D eigenvalue weighted by molar-refractivity contribution is 7.15. The Hall–Kier alpha value is -1.99. The fourth-order valence-corrected chi connectivity index (χ4v) is 2.52. The largest absolute Gasteiger partial charge is 0.496 e. The van der Waals surface area contributed by atoms with Crippen LogP contribution < -0.4 is 10.1 Å². The minimum Gasteiger partial charge on any atom is -0.496 e. The Kier molecular flexibility index (Phi) is 5.65. The summed E-state index contributed by atoms with van der Waals surface area (Å²) in [4.78, 5) is 11.5. The number of hydrogen-bond donors (Lipinski definition) is 1. The van der Waals surface area contributed by atoms with Gasteiger partial charge in [-0.15, -0.1) is 10.2 Å². The molecule has 0 bridgehead atoms. The lowest BCUT2D eigenvalue weighted by molar-refractivity contribution is -0.120. The minimum atomic E-state index is -0.225. The first-order chi connectivity index (χ1) is 10.2. The van der Waals surface area contributed by atoms with Crippen LogP contribution in [0, 0.1) is 0 Å². The third-order valence-electron chi connectivity index (χ3n) is 2.68. The number of nitrogens with zero attached hydrogens (tertiary/aromatic N) is 2. The number of amides is 1. The standard InChI is InChI=1S/C14H17N3O3S/c1-3-20-9-12(18)15-14-17-16-13(21-14)8-10-6-4-5-7-11(10)19-2/h4-7H,3,8-9H2,1-2H3,(H,15,17,18). The average Bonchev–Trinajstić information content (AvgIpc) is 2.92. The zero-order valence-corrected chi connectivity index (χ0v) is 12.8.